The number of nitrogens with zero attached hydrogens (tertiary/aromatic N) is 1. The lowest BCUT2D eigenvalue weighted by Gasteiger charge is -2.33. The van der Waals surface area contributed by atoms with Crippen LogP contribution in [0, 0.1) is 5.92 Å². The first-order chi connectivity index (χ1) is 7.72. The second-order valence-corrected chi connectivity index (χ2v) is 4.72. The molecule has 1 aliphatic heterocycles. The monoisotopic (exact) mass is 225 g/mol. The summed E-state index contributed by atoms with van der Waals surface area (Å²) in [5.74, 6) is 0.256. The van der Waals surface area contributed by atoms with E-state index in [9.17, 15) is 9.59 Å². The fourth-order valence-electron chi connectivity index (χ4n) is 2.85. The van der Waals surface area contributed by atoms with Crippen molar-refractivity contribution in [2.24, 2.45) is 5.92 Å². The summed E-state index contributed by atoms with van der Waals surface area (Å²) >= 11 is 0. The molecule has 0 unspecified atom stereocenters. The highest BCUT2D eigenvalue weighted by Gasteiger charge is 2.33. The highest BCUT2D eigenvalue weighted by atomic mass is 16.5. The Labute approximate surface area is 95.9 Å². The van der Waals surface area contributed by atoms with Crippen LogP contribution in [0.15, 0.2) is 0 Å². The van der Waals surface area contributed by atoms with Gasteiger partial charge in [-0.25, -0.2) is 0 Å². The first kappa shape index (κ1) is 11.4. The van der Waals surface area contributed by atoms with Crippen molar-refractivity contribution in [2.45, 2.75) is 44.6 Å². The lowest BCUT2D eigenvalue weighted by Crippen LogP contribution is -2.39. The third kappa shape index (κ3) is 2.20. The molecule has 1 aliphatic carbocycles. The predicted molar refractivity (Wildman–Crippen MR) is 58.7 cm³/mol. The Balaban J connectivity index is 1.85. The molecule has 0 spiro atoms. The lowest BCUT2D eigenvalue weighted by molar-refractivity contribution is -0.147. The van der Waals surface area contributed by atoms with E-state index in [4.69, 9.17) is 4.74 Å². The van der Waals surface area contributed by atoms with E-state index < -0.39 is 0 Å². The van der Waals surface area contributed by atoms with Crippen LogP contribution >= 0.6 is 0 Å². The highest BCUT2D eigenvalue weighted by Crippen LogP contribution is 2.30. The molecular weight excluding hydrogens is 206 g/mol. The summed E-state index contributed by atoms with van der Waals surface area (Å²) in [5, 5.41) is 0. The fourth-order valence-corrected chi connectivity index (χ4v) is 2.85. The fraction of sp³-hybridized carbons (Fsp3) is 0.833. The van der Waals surface area contributed by atoms with Crippen molar-refractivity contribution in [3.63, 3.8) is 0 Å². The van der Waals surface area contributed by atoms with E-state index in [-0.39, 0.29) is 11.9 Å². The van der Waals surface area contributed by atoms with Crippen molar-refractivity contribution in [1.29, 1.82) is 0 Å². The maximum atomic E-state index is 11.6. The van der Waals surface area contributed by atoms with Crippen molar-refractivity contribution in [3.8, 4) is 0 Å². The Kier molecular flexibility index (Phi) is 3.46. The largest absolute Gasteiger partial charge is 0.469 e. The summed E-state index contributed by atoms with van der Waals surface area (Å²) in [4.78, 5) is 24.9. The zero-order valence-electron chi connectivity index (χ0n) is 9.78. The SMILES string of the molecule is COC(=O)[C@H]1CC[C@H](N2CCCC2=O)CC1. The summed E-state index contributed by atoms with van der Waals surface area (Å²) in [7, 11) is 1.44. The number of amides is 1. The standard InChI is InChI=1S/C12H19NO3/c1-16-12(15)9-4-6-10(7-5-9)13-8-2-3-11(13)14/h9-10H,2-8H2,1H3/t9-,10-. The Morgan fingerprint density at radius 2 is 2.00 bits per heavy atom. The summed E-state index contributed by atoms with van der Waals surface area (Å²) in [5.41, 5.74) is 0. The molecule has 0 N–H and O–H groups in total. The molecule has 2 rings (SSSR count). The first-order valence-corrected chi connectivity index (χ1v) is 6.09. The van der Waals surface area contributed by atoms with Gasteiger partial charge in [0.2, 0.25) is 5.91 Å². The van der Waals surface area contributed by atoms with Crippen LogP contribution in [0.25, 0.3) is 0 Å². The maximum Gasteiger partial charge on any atom is 0.308 e. The highest BCUT2D eigenvalue weighted by molar-refractivity contribution is 5.78. The quantitative estimate of drug-likeness (QED) is 0.666. The Hall–Kier alpha value is -1.06. The number of rotatable bonds is 2. The van der Waals surface area contributed by atoms with E-state index >= 15 is 0 Å². The van der Waals surface area contributed by atoms with Gasteiger partial charge >= 0.3 is 5.97 Å². The number of hydrogen-bond donors (Lipinski definition) is 0. The summed E-state index contributed by atoms with van der Waals surface area (Å²) in [6.45, 7) is 0.909. The maximum absolute atomic E-state index is 11.6. The number of ether oxygens (including phenoxy) is 1. The molecule has 1 saturated carbocycles. The minimum absolute atomic E-state index is 0.0546. The molecule has 0 atom stereocenters. The number of hydrogen-bond acceptors (Lipinski definition) is 3. The van der Waals surface area contributed by atoms with Crippen LogP contribution in [-0.2, 0) is 14.3 Å². The van der Waals surface area contributed by atoms with E-state index in [1.165, 1.54) is 7.11 Å². The molecule has 0 radical (unpaired) electrons. The predicted octanol–water partition coefficient (Wildman–Crippen LogP) is 1.34. The molecule has 90 valence electrons. The normalized spacial score (nSPS) is 30.6. The van der Waals surface area contributed by atoms with Crippen molar-refractivity contribution in [2.75, 3.05) is 13.7 Å². The van der Waals surface area contributed by atoms with Crippen molar-refractivity contribution in [3.05, 3.63) is 0 Å². The molecule has 1 heterocycles. The van der Waals surface area contributed by atoms with E-state index in [0.717, 1.165) is 38.6 Å². The Bertz CT molecular complexity index is 282. The van der Waals surface area contributed by atoms with Crippen LogP contribution in [0.1, 0.15) is 38.5 Å². The van der Waals surface area contributed by atoms with Gasteiger partial charge in [0.1, 0.15) is 0 Å². The molecule has 4 nitrogen and oxygen atoms in total. The molecule has 0 aromatic heterocycles. The van der Waals surface area contributed by atoms with Gasteiger partial charge in [-0.1, -0.05) is 0 Å². The van der Waals surface area contributed by atoms with Crippen LogP contribution in [0.5, 0.6) is 0 Å². The number of carbonyl (C=O) groups is 2. The third-order valence-corrected chi connectivity index (χ3v) is 3.78. The Morgan fingerprint density at radius 3 is 2.50 bits per heavy atom. The summed E-state index contributed by atoms with van der Waals surface area (Å²) < 4.78 is 4.75. The molecule has 2 fully saturated rings. The smallest absolute Gasteiger partial charge is 0.308 e. The zero-order chi connectivity index (χ0) is 11.5. The van der Waals surface area contributed by atoms with Gasteiger partial charge in [0, 0.05) is 19.0 Å². The topological polar surface area (TPSA) is 46.6 Å². The van der Waals surface area contributed by atoms with Crippen LogP contribution < -0.4 is 0 Å². The second kappa shape index (κ2) is 4.85. The van der Waals surface area contributed by atoms with E-state index in [2.05, 4.69) is 0 Å². The summed E-state index contributed by atoms with van der Waals surface area (Å²) in [6.07, 6.45) is 5.33. The molecule has 0 bridgehead atoms. The molecule has 2 aliphatic rings. The van der Waals surface area contributed by atoms with Gasteiger partial charge in [0.05, 0.1) is 13.0 Å². The van der Waals surface area contributed by atoms with Crippen LogP contribution in [0.3, 0.4) is 0 Å². The van der Waals surface area contributed by atoms with Crippen LogP contribution in [0.2, 0.25) is 0 Å². The molecule has 4 heteroatoms. The van der Waals surface area contributed by atoms with Gasteiger partial charge < -0.3 is 9.64 Å². The molecular formula is C12H19NO3. The van der Waals surface area contributed by atoms with Gasteiger partial charge in [-0.3, -0.25) is 9.59 Å². The van der Waals surface area contributed by atoms with Crippen molar-refractivity contribution >= 4 is 11.9 Å². The van der Waals surface area contributed by atoms with E-state index in [0.29, 0.717) is 18.4 Å². The molecule has 0 aromatic carbocycles. The van der Waals surface area contributed by atoms with Gasteiger partial charge in [0.25, 0.3) is 0 Å². The van der Waals surface area contributed by atoms with E-state index in [1.54, 1.807) is 0 Å². The molecule has 1 saturated heterocycles. The zero-order valence-corrected chi connectivity index (χ0v) is 9.78. The lowest BCUT2D eigenvalue weighted by atomic mass is 9.85. The van der Waals surface area contributed by atoms with Crippen molar-refractivity contribution in [1.82, 2.24) is 4.90 Å². The third-order valence-electron chi connectivity index (χ3n) is 3.78. The first-order valence-electron chi connectivity index (χ1n) is 6.09. The minimum atomic E-state index is -0.0915. The molecule has 1 amide bonds. The number of methoxy groups -OCH3 is 1. The van der Waals surface area contributed by atoms with Gasteiger partial charge in [-0.2, -0.15) is 0 Å². The van der Waals surface area contributed by atoms with Crippen LogP contribution in [-0.4, -0.2) is 36.5 Å². The van der Waals surface area contributed by atoms with Crippen molar-refractivity contribution < 1.29 is 14.3 Å². The van der Waals surface area contributed by atoms with Gasteiger partial charge in [0.15, 0.2) is 0 Å². The van der Waals surface area contributed by atoms with E-state index in [1.807, 2.05) is 4.90 Å². The minimum Gasteiger partial charge on any atom is -0.469 e. The van der Waals surface area contributed by atoms with Crippen LogP contribution in [0.4, 0.5) is 0 Å². The van der Waals surface area contributed by atoms with Gasteiger partial charge in [-0.15, -0.1) is 0 Å². The average molecular weight is 225 g/mol. The molecule has 0 aromatic rings. The number of esters is 1. The number of likely N-dealkylation sites (tertiary alicyclic amines) is 1. The Morgan fingerprint density at radius 1 is 1.31 bits per heavy atom. The van der Waals surface area contributed by atoms with Gasteiger partial charge in [-0.05, 0) is 32.1 Å². The average Bonchev–Trinajstić information content (AvgIpc) is 2.75. The summed E-state index contributed by atoms with van der Waals surface area (Å²) in [6, 6.07) is 0.371. The molecule has 16 heavy (non-hydrogen) atoms. The number of carbonyl (C=O) groups excluding carboxylic acids is 2. The second-order valence-electron chi connectivity index (χ2n) is 4.72.